The zero-order valence-corrected chi connectivity index (χ0v) is 16.5. The van der Waals surface area contributed by atoms with Gasteiger partial charge in [0.2, 0.25) is 5.91 Å². The maximum atomic E-state index is 12.5. The summed E-state index contributed by atoms with van der Waals surface area (Å²) < 4.78 is 27.0. The van der Waals surface area contributed by atoms with Crippen molar-refractivity contribution in [3.63, 3.8) is 0 Å². The second-order valence-corrected chi connectivity index (χ2v) is 9.86. The topological polar surface area (TPSA) is 66.5 Å². The van der Waals surface area contributed by atoms with Crippen molar-refractivity contribution in [2.75, 3.05) is 13.1 Å². The molecule has 1 aliphatic rings. The summed E-state index contributed by atoms with van der Waals surface area (Å²) in [6.07, 6.45) is 1.91. The molecule has 7 heteroatoms. The number of rotatable bonds is 6. The van der Waals surface area contributed by atoms with Crippen molar-refractivity contribution in [1.29, 1.82) is 0 Å². The number of hydrogen-bond acceptors (Lipinski definition) is 4. The summed E-state index contributed by atoms with van der Waals surface area (Å²) in [7, 11) is -3.37. The molecule has 0 saturated carbocycles. The van der Waals surface area contributed by atoms with Crippen LogP contribution in [0.15, 0.2) is 46.0 Å². The molecule has 140 valence electrons. The van der Waals surface area contributed by atoms with Gasteiger partial charge in [0, 0.05) is 26.1 Å². The van der Waals surface area contributed by atoms with Gasteiger partial charge < -0.3 is 5.32 Å². The molecular formula is C19H24N2O3S2. The molecule has 0 unspecified atom stereocenters. The molecule has 1 fully saturated rings. The van der Waals surface area contributed by atoms with Crippen LogP contribution in [0, 0.1) is 12.8 Å². The molecule has 0 spiro atoms. The first-order chi connectivity index (χ1) is 12.4. The van der Waals surface area contributed by atoms with Crippen LogP contribution >= 0.6 is 11.3 Å². The minimum atomic E-state index is -3.37. The van der Waals surface area contributed by atoms with Crippen LogP contribution in [0.25, 0.3) is 0 Å². The summed E-state index contributed by atoms with van der Waals surface area (Å²) in [5, 5.41) is 4.74. The number of benzene rings is 1. The van der Waals surface area contributed by atoms with Crippen LogP contribution in [-0.2, 0) is 21.4 Å². The molecule has 1 aliphatic heterocycles. The Morgan fingerprint density at radius 1 is 1.23 bits per heavy atom. The van der Waals surface area contributed by atoms with Crippen molar-refractivity contribution in [3.05, 3.63) is 52.9 Å². The zero-order chi connectivity index (χ0) is 18.6. The predicted octanol–water partition coefficient (Wildman–Crippen LogP) is 3.16. The fraction of sp³-hybridized carbons (Fsp3) is 0.421. The predicted molar refractivity (Wildman–Crippen MR) is 103 cm³/mol. The standard InChI is InChI=1S/C19H24N2O3S2/c1-15-4-2-5-17(12-15)14-20-18(22)13-16-7-9-21(10-8-16)26(23,24)19-6-3-11-25-19/h2-6,11-12,16H,7-10,13-14H2,1H3,(H,20,22). The minimum absolute atomic E-state index is 0.0334. The number of nitrogens with zero attached hydrogens (tertiary/aromatic N) is 1. The summed E-state index contributed by atoms with van der Waals surface area (Å²) in [5.41, 5.74) is 2.27. The van der Waals surface area contributed by atoms with Crippen molar-refractivity contribution in [3.8, 4) is 0 Å². The van der Waals surface area contributed by atoms with E-state index in [4.69, 9.17) is 0 Å². The first kappa shape index (κ1) is 19.1. The van der Waals surface area contributed by atoms with Gasteiger partial charge in [-0.2, -0.15) is 4.31 Å². The first-order valence-corrected chi connectivity index (χ1v) is 11.1. The van der Waals surface area contributed by atoms with E-state index < -0.39 is 10.0 Å². The van der Waals surface area contributed by atoms with E-state index in [9.17, 15) is 13.2 Å². The van der Waals surface area contributed by atoms with Crippen LogP contribution in [0.1, 0.15) is 30.4 Å². The normalized spacial score (nSPS) is 16.5. The summed E-state index contributed by atoms with van der Waals surface area (Å²) in [4.78, 5) is 12.2. The summed E-state index contributed by atoms with van der Waals surface area (Å²) >= 11 is 1.25. The molecule has 1 aromatic carbocycles. The maximum absolute atomic E-state index is 12.5. The van der Waals surface area contributed by atoms with Crippen molar-refractivity contribution < 1.29 is 13.2 Å². The van der Waals surface area contributed by atoms with Gasteiger partial charge in [-0.3, -0.25) is 4.79 Å². The number of sulfonamides is 1. The first-order valence-electron chi connectivity index (χ1n) is 8.81. The zero-order valence-electron chi connectivity index (χ0n) is 14.8. The smallest absolute Gasteiger partial charge is 0.252 e. The van der Waals surface area contributed by atoms with E-state index in [0.29, 0.717) is 30.3 Å². The third-order valence-corrected chi connectivity index (χ3v) is 7.98. The van der Waals surface area contributed by atoms with E-state index in [1.807, 2.05) is 25.1 Å². The molecule has 3 rings (SSSR count). The Morgan fingerprint density at radius 3 is 2.65 bits per heavy atom. The largest absolute Gasteiger partial charge is 0.352 e. The minimum Gasteiger partial charge on any atom is -0.352 e. The summed E-state index contributed by atoms with van der Waals surface area (Å²) in [5.74, 6) is 0.272. The van der Waals surface area contributed by atoms with Gasteiger partial charge in [0.05, 0.1) is 0 Å². The van der Waals surface area contributed by atoms with Crippen LogP contribution in [0.3, 0.4) is 0 Å². The van der Waals surface area contributed by atoms with Crippen LogP contribution in [0.2, 0.25) is 0 Å². The number of aryl methyl sites for hydroxylation is 1. The maximum Gasteiger partial charge on any atom is 0.252 e. The number of nitrogens with one attached hydrogen (secondary N) is 1. The molecule has 2 aromatic rings. The van der Waals surface area contributed by atoms with Gasteiger partial charge in [-0.25, -0.2) is 8.42 Å². The van der Waals surface area contributed by atoms with Gasteiger partial charge in [0.25, 0.3) is 10.0 Å². The van der Waals surface area contributed by atoms with E-state index in [1.165, 1.54) is 16.9 Å². The van der Waals surface area contributed by atoms with Gasteiger partial charge in [0.1, 0.15) is 4.21 Å². The Labute approximate surface area is 159 Å². The van der Waals surface area contributed by atoms with Crippen LogP contribution in [-0.4, -0.2) is 31.7 Å². The molecule has 0 atom stereocenters. The lowest BCUT2D eigenvalue weighted by Crippen LogP contribution is -2.39. The molecular weight excluding hydrogens is 368 g/mol. The molecule has 0 radical (unpaired) electrons. The van der Waals surface area contributed by atoms with Crippen molar-refractivity contribution >= 4 is 27.3 Å². The fourth-order valence-electron chi connectivity index (χ4n) is 3.25. The van der Waals surface area contributed by atoms with Crippen molar-refractivity contribution in [2.24, 2.45) is 5.92 Å². The Bertz CT molecular complexity index is 839. The second kappa shape index (κ2) is 8.33. The SMILES string of the molecule is Cc1cccc(CNC(=O)CC2CCN(S(=O)(=O)c3cccs3)CC2)c1. The average molecular weight is 393 g/mol. The lowest BCUT2D eigenvalue weighted by molar-refractivity contribution is -0.122. The quantitative estimate of drug-likeness (QED) is 0.821. The van der Waals surface area contributed by atoms with Crippen LogP contribution in [0.5, 0.6) is 0 Å². The summed E-state index contributed by atoms with van der Waals surface area (Å²) in [6.45, 7) is 3.53. The van der Waals surface area contributed by atoms with Gasteiger partial charge >= 0.3 is 0 Å². The highest BCUT2D eigenvalue weighted by Gasteiger charge is 2.30. The molecule has 0 bridgehead atoms. The molecule has 26 heavy (non-hydrogen) atoms. The van der Waals surface area contributed by atoms with Gasteiger partial charge in [-0.15, -0.1) is 11.3 Å². The van der Waals surface area contributed by atoms with E-state index in [0.717, 1.165) is 18.4 Å². The number of hydrogen-bond donors (Lipinski definition) is 1. The van der Waals surface area contributed by atoms with Crippen molar-refractivity contribution in [2.45, 2.75) is 36.9 Å². The lowest BCUT2D eigenvalue weighted by Gasteiger charge is -2.30. The monoisotopic (exact) mass is 392 g/mol. The van der Waals surface area contributed by atoms with E-state index in [1.54, 1.807) is 21.8 Å². The fourth-order valence-corrected chi connectivity index (χ4v) is 5.86. The molecule has 1 amide bonds. The molecule has 2 heterocycles. The molecule has 1 N–H and O–H groups in total. The molecule has 1 saturated heterocycles. The number of thiophene rings is 1. The Balaban J connectivity index is 1.46. The third kappa shape index (κ3) is 4.72. The van der Waals surface area contributed by atoms with Crippen LogP contribution < -0.4 is 5.32 Å². The second-order valence-electron chi connectivity index (χ2n) is 6.75. The third-order valence-electron chi connectivity index (χ3n) is 4.71. The summed E-state index contributed by atoms with van der Waals surface area (Å²) in [6, 6.07) is 11.5. The highest BCUT2D eigenvalue weighted by molar-refractivity contribution is 7.91. The van der Waals surface area contributed by atoms with Gasteiger partial charge in [-0.1, -0.05) is 35.9 Å². The van der Waals surface area contributed by atoms with Crippen LogP contribution in [0.4, 0.5) is 0 Å². The van der Waals surface area contributed by atoms with E-state index in [-0.39, 0.29) is 11.8 Å². The number of amides is 1. The van der Waals surface area contributed by atoms with E-state index in [2.05, 4.69) is 11.4 Å². The Kier molecular flexibility index (Phi) is 6.11. The number of carbonyl (C=O) groups excluding carboxylic acids is 1. The number of carbonyl (C=O) groups is 1. The Morgan fingerprint density at radius 2 is 2.00 bits per heavy atom. The van der Waals surface area contributed by atoms with Gasteiger partial charge in [-0.05, 0) is 42.7 Å². The van der Waals surface area contributed by atoms with Gasteiger partial charge in [0.15, 0.2) is 0 Å². The van der Waals surface area contributed by atoms with Crippen molar-refractivity contribution in [1.82, 2.24) is 9.62 Å². The molecule has 0 aliphatic carbocycles. The molecule has 1 aromatic heterocycles. The van der Waals surface area contributed by atoms with E-state index >= 15 is 0 Å². The highest BCUT2D eigenvalue weighted by atomic mass is 32.2. The average Bonchev–Trinajstić information content (AvgIpc) is 3.16. The molecule has 5 nitrogen and oxygen atoms in total. The Hall–Kier alpha value is -1.70. The number of piperidine rings is 1. The lowest BCUT2D eigenvalue weighted by atomic mass is 9.94. The highest BCUT2D eigenvalue weighted by Crippen LogP contribution is 2.27.